The van der Waals surface area contributed by atoms with Crippen LogP contribution >= 0.6 is 0 Å². The topological polar surface area (TPSA) is 17.1 Å². The summed E-state index contributed by atoms with van der Waals surface area (Å²) in [6.45, 7) is 10.3. The number of hydrogen-bond acceptors (Lipinski definition) is 1. The first-order valence-corrected chi connectivity index (χ1v) is 6.85. The van der Waals surface area contributed by atoms with Gasteiger partial charge in [0.15, 0.2) is 0 Å². The van der Waals surface area contributed by atoms with Crippen LogP contribution in [0, 0.1) is 5.41 Å². The first-order valence-electron chi connectivity index (χ1n) is 6.85. The van der Waals surface area contributed by atoms with Crippen LogP contribution in [0.3, 0.4) is 0 Å². The fourth-order valence-corrected chi connectivity index (χ4v) is 2.41. The van der Waals surface area contributed by atoms with Crippen LogP contribution in [-0.2, 0) is 4.79 Å². The van der Waals surface area contributed by atoms with Gasteiger partial charge in [0.2, 0.25) is 0 Å². The van der Waals surface area contributed by atoms with Gasteiger partial charge in [0.05, 0.1) is 0 Å². The summed E-state index contributed by atoms with van der Waals surface area (Å²) in [4.78, 5) is 11.4. The number of carbonyl (C=O) groups excluding carboxylic acids is 1. The fourth-order valence-electron chi connectivity index (χ4n) is 2.41. The summed E-state index contributed by atoms with van der Waals surface area (Å²) in [6.07, 6.45) is 6.66. The number of hydrogen-bond donors (Lipinski definition) is 0. The van der Waals surface area contributed by atoms with Gasteiger partial charge in [-0.05, 0) is 22.1 Å². The van der Waals surface area contributed by atoms with Gasteiger partial charge in [-0.25, -0.2) is 4.79 Å². The van der Waals surface area contributed by atoms with Gasteiger partial charge in [-0.15, -0.1) is 0 Å². The Bertz CT molecular complexity index is 645. The lowest BCUT2D eigenvalue weighted by Crippen LogP contribution is -2.13. The molecule has 0 amide bonds. The molecule has 0 radical (unpaired) electrons. The van der Waals surface area contributed by atoms with E-state index < -0.39 is 0 Å². The molecule has 0 N–H and O–H groups in total. The van der Waals surface area contributed by atoms with E-state index in [4.69, 9.17) is 0 Å². The minimum atomic E-state index is 0.0715. The summed E-state index contributed by atoms with van der Waals surface area (Å²) in [5.41, 5.74) is 5.11. The molecular weight excluding hydrogens is 244 g/mol. The molecule has 20 heavy (non-hydrogen) atoms. The summed E-state index contributed by atoms with van der Waals surface area (Å²) in [6, 6.07) is 7.99. The second-order valence-electron chi connectivity index (χ2n) is 6.07. The van der Waals surface area contributed by atoms with E-state index in [0.29, 0.717) is 6.42 Å². The van der Waals surface area contributed by atoms with Crippen molar-refractivity contribution in [2.45, 2.75) is 27.2 Å². The normalized spacial score (nSPS) is 15.2. The van der Waals surface area contributed by atoms with Gasteiger partial charge in [-0.2, -0.15) is 0 Å². The van der Waals surface area contributed by atoms with Crippen molar-refractivity contribution in [3.05, 3.63) is 65.3 Å². The Morgan fingerprint density at radius 1 is 1.20 bits per heavy atom. The Labute approximate surface area is 121 Å². The quantitative estimate of drug-likeness (QED) is 0.698. The molecule has 0 saturated carbocycles. The van der Waals surface area contributed by atoms with Gasteiger partial charge in [0.25, 0.3) is 0 Å². The lowest BCUT2D eigenvalue weighted by atomic mass is 9.77. The maximum Gasteiger partial charge on any atom is 0.128 e. The van der Waals surface area contributed by atoms with Crippen molar-refractivity contribution >= 4 is 17.6 Å². The Hall–Kier alpha value is -2.11. The lowest BCUT2D eigenvalue weighted by Gasteiger charge is -2.27. The van der Waals surface area contributed by atoms with Crippen LogP contribution in [0.2, 0.25) is 0 Å². The van der Waals surface area contributed by atoms with Crippen molar-refractivity contribution in [3.8, 4) is 0 Å². The average molecular weight is 264 g/mol. The fraction of sp³-hybridized carbons (Fsp3) is 0.263. The maximum atomic E-state index is 11.4. The number of allylic oxidation sites excluding steroid dienone is 5. The van der Waals surface area contributed by atoms with Gasteiger partial charge >= 0.3 is 0 Å². The highest BCUT2D eigenvalue weighted by molar-refractivity contribution is 5.92. The third-order valence-corrected chi connectivity index (χ3v) is 3.70. The minimum absolute atomic E-state index is 0.0715. The largest absolute Gasteiger partial charge is 0.233 e. The Kier molecular flexibility index (Phi) is 3.92. The second-order valence-corrected chi connectivity index (χ2v) is 6.07. The van der Waals surface area contributed by atoms with Gasteiger partial charge in [-0.3, -0.25) is 0 Å². The van der Waals surface area contributed by atoms with Gasteiger partial charge in [0.1, 0.15) is 5.94 Å². The molecule has 0 aliphatic heterocycles. The highest BCUT2D eigenvalue weighted by Crippen LogP contribution is 2.38. The summed E-state index contributed by atoms with van der Waals surface area (Å²) in [7, 11) is 0. The first kappa shape index (κ1) is 14.3. The van der Waals surface area contributed by atoms with Crippen molar-refractivity contribution in [3.63, 3.8) is 0 Å². The van der Waals surface area contributed by atoms with E-state index in [1.807, 2.05) is 36.4 Å². The Morgan fingerprint density at radius 2 is 1.90 bits per heavy atom. The highest BCUT2D eigenvalue weighted by Gasteiger charge is 2.23. The molecule has 0 saturated heterocycles. The van der Waals surface area contributed by atoms with E-state index >= 15 is 0 Å². The summed E-state index contributed by atoms with van der Waals surface area (Å²) < 4.78 is 0. The summed E-state index contributed by atoms with van der Waals surface area (Å²) in [5, 5.41) is 0. The molecule has 1 heteroatoms. The monoisotopic (exact) mass is 264 g/mol. The van der Waals surface area contributed by atoms with Crippen LogP contribution in [0.15, 0.2) is 54.1 Å². The zero-order chi connectivity index (χ0) is 14.8. The van der Waals surface area contributed by atoms with Crippen molar-refractivity contribution < 1.29 is 4.79 Å². The predicted molar refractivity (Wildman–Crippen MR) is 85.9 cm³/mol. The van der Waals surface area contributed by atoms with E-state index in [1.165, 1.54) is 5.57 Å². The van der Waals surface area contributed by atoms with Gasteiger partial charge in [0, 0.05) is 12.0 Å². The van der Waals surface area contributed by atoms with Crippen LogP contribution in [0.25, 0.3) is 11.6 Å². The first-order chi connectivity index (χ1) is 9.47. The van der Waals surface area contributed by atoms with Crippen LogP contribution in [0.1, 0.15) is 38.3 Å². The molecule has 0 unspecified atom stereocenters. The van der Waals surface area contributed by atoms with Crippen LogP contribution < -0.4 is 0 Å². The highest BCUT2D eigenvalue weighted by atomic mass is 16.1. The zero-order valence-electron chi connectivity index (χ0n) is 12.4. The minimum Gasteiger partial charge on any atom is -0.233 e. The molecule has 0 spiro atoms. The molecule has 0 fully saturated rings. The molecule has 1 aliphatic carbocycles. The molecular formula is C19H20O. The standard InChI is InChI=1S/C19H20O/c1-5-14-8-6-7-9-17(14)18-11-10-16(19(2,3)4)12-15(18)13-20/h5-11H,1,12H2,2-4H3. The molecule has 1 aromatic rings. The molecule has 1 aliphatic rings. The zero-order valence-corrected chi connectivity index (χ0v) is 12.4. The van der Waals surface area contributed by atoms with Crippen molar-refractivity contribution in [2.24, 2.45) is 5.41 Å². The van der Waals surface area contributed by atoms with Gasteiger partial charge < -0.3 is 0 Å². The molecule has 0 heterocycles. The smallest absolute Gasteiger partial charge is 0.128 e. The summed E-state index contributed by atoms with van der Waals surface area (Å²) >= 11 is 0. The Balaban J connectivity index is 2.56. The van der Waals surface area contributed by atoms with Crippen LogP contribution in [-0.4, -0.2) is 5.94 Å². The molecule has 0 aromatic heterocycles. The number of benzene rings is 1. The van der Waals surface area contributed by atoms with Crippen LogP contribution in [0.5, 0.6) is 0 Å². The SMILES string of the molecule is C=Cc1ccccc1C1=CC=C(C(C)(C)C)CC1=C=O. The average Bonchev–Trinajstić information content (AvgIpc) is 2.45. The van der Waals surface area contributed by atoms with E-state index in [2.05, 4.69) is 39.4 Å². The molecule has 0 bridgehead atoms. The van der Waals surface area contributed by atoms with Crippen molar-refractivity contribution in [2.75, 3.05) is 0 Å². The number of rotatable bonds is 2. The van der Waals surface area contributed by atoms with Gasteiger partial charge in [-0.1, -0.05) is 75.4 Å². The van der Waals surface area contributed by atoms with Crippen molar-refractivity contribution in [1.82, 2.24) is 0 Å². The third-order valence-electron chi connectivity index (χ3n) is 3.70. The summed E-state index contributed by atoms with van der Waals surface area (Å²) in [5.74, 6) is 2.13. The van der Waals surface area contributed by atoms with E-state index in [1.54, 1.807) is 0 Å². The lowest BCUT2D eigenvalue weighted by molar-refractivity contribution is 0.491. The molecule has 102 valence electrons. The molecule has 1 aromatic carbocycles. The second kappa shape index (κ2) is 5.48. The Morgan fingerprint density at radius 3 is 2.50 bits per heavy atom. The van der Waals surface area contributed by atoms with E-state index in [9.17, 15) is 4.79 Å². The van der Waals surface area contributed by atoms with Crippen molar-refractivity contribution in [1.29, 1.82) is 0 Å². The van der Waals surface area contributed by atoms with E-state index in [-0.39, 0.29) is 5.41 Å². The molecule has 0 atom stereocenters. The van der Waals surface area contributed by atoms with E-state index in [0.717, 1.165) is 22.3 Å². The third kappa shape index (κ3) is 2.74. The maximum absolute atomic E-state index is 11.4. The van der Waals surface area contributed by atoms with Crippen LogP contribution in [0.4, 0.5) is 0 Å². The molecule has 2 rings (SSSR count). The molecule has 1 nitrogen and oxygen atoms in total. The predicted octanol–water partition coefficient (Wildman–Crippen LogP) is 4.85.